The van der Waals surface area contributed by atoms with Crippen molar-refractivity contribution >= 4 is 25.8 Å². The third kappa shape index (κ3) is 7.90. The fourth-order valence-corrected chi connectivity index (χ4v) is 2.52. The Bertz CT molecular complexity index is 731. The molecule has 0 bridgehead atoms. The third-order valence-corrected chi connectivity index (χ3v) is 3.95. The van der Waals surface area contributed by atoms with Crippen LogP contribution in [0, 0.1) is 18.4 Å². The summed E-state index contributed by atoms with van der Waals surface area (Å²) in [5, 5.41) is 11.8. The van der Waals surface area contributed by atoms with Crippen molar-refractivity contribution in [3.05, 3.63) is 28.8 Å². The topological polar surface area (TPSA) is 75.6 Å². The summed E-state index contributed by atoms with van der Waals surface area (Å²) in [6.45, 7) is 13.5. The molecule has 6 heteroatoms. The Kier molecular flexibility index (Phi) is 6.44. The number of benzene rings is 1. The minimum absolute atomic E-state index is 0.128. The summed E-state index contributed by atoms with van der Waals surface area (Å²) in [5.74, 6) is 2.18. The first kappa shape index (κ1) is 20.8. The van der Waals surface area contributed by atoms with E-state index in [-0.39, 0.29) is 6.42 Å². The molecule has 1 aromatic rings. The lowest BCUT2D eigenvalue weighted by Gasteiger charge is -2.20. The highest BCUT2D eigenvalue weighted by atomic mass is 28.3. The van der Waals surface area contributed by atoms with E-state index in [9.17, 15) is 9.59 Å². The van der Waals surface area contributed by atoms with Gasteiger partial charge in [-0.05, 0) is 51.0 Å². The highest BCUT2D eigenvalue weighted by Crippen LogP contribution is 2.23. The average molecular weight is 362 g/mol. The van der Waals surface area contributed by atoms with Crippen LogP contribution >= 0.6 is 0 Å². The van der Waals surface area contributed by atoms with Crippen LogP contribution in [0.15, 0.2) is 12.1 Å². The van der Waals surface area contributed by atoms with E-state index < -0.39 is 25.7 Å². The quantitative estimate of drug-likeness (QED) is 0.625. The second-order valence-electron chi connectivity index (χ2n) is 8.01. The molecule has 1 aromatic carbocycles. The summed E-state index contributed by atoms with van der Waals surface area (Å²) in [6, 6.07) is 3.54. The minimum Gasteiger partial charge on any atom is -0.481 e. The molecule has 0 aromatic heterocycles. The summed E-state index contributed by atoms with van der Waals surface area (Å²) >= 11 is 0. The van der Waals surface area contributed by atoms with Crippen molar-refractivity contribution in [1.82, 2.24) is 0 Å². The van der Waals surface area contributed by atoms with Gasteiger partial charge >= 0.3 is 12.1 Å². The molecule has 0 aliphatic heterocycles. The van der Waals surface area contributed by atoms with Crippen molar-refractivity contribution in [2.75, 3.05) is 5.32 Å². The van der Waals surface area contributed by atoms with Crippen molar-refractivity contribution in [3.8, 4) is 11.5 Å². The van der Waals surface area contributed by atoms with Crippen molar-refractivity contribution < 1.29 is 19.4 Å². The first-order chi connectivity index (χ1) is 11.3. The van der Waals surface area contributed by atoms with Crippen LogP contribution in [0.4, 0.5) is 10.5 Å². The molecule has 0 atom stereocenters. The molecule has 0 aliphatic rings. The van der Waals surface area contributed by atoms with E-state index in [1.54, 1.807) is 39.8 Å². The fourth-order valence-electron chi connectivity index (χ4n) is 2.00. The molecule has 0 radical (unpaired) electrons. The Morgan fingerprint density at radius 2 is 1.84 bits per heavy atom. The van der Waals surface area contributed by atoms with Crippen LogP contribution in [0.3, 0.4) is 0 Å². The number of ether oxygens (including phenoxy) is 1. The molecule has 25 heavy (non-hydrogen) atoms. The average Bonchev–Trinajstić information content (AvgIpc) is 2.37. The van der Waals surface area contributed by atoms with E-state index in [2.05, 4.69) is 36.4 Å². The maximum Gasteiger partial charge on any atom is 0.412 e. The molecule has 0 fully saturated rings. The van der Waals surface area contributed by atoms with E-state index in [0.717, 1.165) is 0 Å². The summed E-state index contributed by atoms with van der Waals surface area (Å²) in [6.07, 6.45) is -0.704. The number of carboxylic acids is 1. The zero-order valence-corrected chi connectivity index (χ0v) is 17.0. The molecular weight excluding hydrogens is 334 g/mol. The summed E-state index contributed by atoms with van der Waals surface area (Å²) in [7, 11) is -1.57. The number of hydrogen-bond donors (Lipinski definition) is 2. The predicted octanol–water partition coefficient (Wildman–Crippen LogP) is 4.20. The molecule has 0 spiro atoms. The van der Waals surface area contributed by atoms with E-state index in [1.807, 2.05) is 0 Å². The number of hydrogen-bond acceptors (Lipinski definition) is 3. The molecule has 0 aliphatic carbocycles. The maximum absolute atomic E-state index is 12.1. The number of carbonyl (C=O) groups is 2. The Morgan fingerprint density at radius 1 is 1.24 bits per heavy atom. The molecule has 0 saturated heterocycles. The summed E-state index contributed by atoms with van der Waals surface area (Å²) in [5.41, 5.74) is 5.18. The van der Waals surface area contributed by atoms with Gasteiger partial charge in [-0.1, -0.05) is 25.6 Å². The molecule has 5 nitrogen and oxygen atoms in total. The van der Waals surface area contributed by atoms with Crippen LogP contribution in [0.25, 0.3) is 0 Å². The predicted molar refractivity (Wildman–Crippen MR) is 103 cm³/mol. The maximum atomic E-state index is 12.1. The van der Waals surface area contributed by atoms with Crippen molar-refractivity contribution in [2.24, 2.45) is 0 Å². The van der Waals surface area contributed by atoms with Gasteiger partial charge in [-0.2, -0.15) is 0 Å². The van der Waals surface area contributed by atoms with Crippen LogP contribution in [0.5, 0.6) is 0 Å². The lowest BCUT2D eigenvalue weighted by molar-refractivity contribution is -0.136. The Labute approximate surface area is 150 Å². The van der Waals surface area contributed by atoms with Crippen LogP contribution in [-0.4, -0.2) is 30.8 Å². The molecular formula is C19H27NO4Si. The molecule has 0 saturated carbocycles. The van der Waals surface area contributed by atoms with Crippen molar-refractivity contribution in [3.63, 3.8) is 0 Å². The molecule has 1 rings (SSSR count). The Balaban J connectivity index is 3.27. The molecule has 136 valence electrons. The second-order valence-corrected chi connectivity index (χ2v) is 12.8. The van der Waals surface area contributed by atoms with E-state index >= 15 is 0 Å². The summed E-state index contributed by atoms with van der Waals surface area (Å²) < 4.78 is 5.28. The number of nitrogens with one attached hydrogen (secondary N) is 1. The van der Waals surface area contributed by atoms with Gasteiger partial charge < -0.3 is 9.84 Å². The van der Waals surface area contributed by atoms with Gasteiger partial charge in [0.25, 0.3) is 0 Å². The van der Waals surface area contributed by atoms with E-state index in [0.29, 0.717) is 22.4 Å². The Hall–Kier alpha value is -2.26. The highest BCUT2D eigenvalue weighted by molar-refractivity contribution is 6.83. The van der Waals surface area contributed by atoms with Gasteiger partial charge in [-0.15, -0.1) is 5.54 Å². The standard InChI is InChI=1S/C19H27NO4Si/c1-13-15(12-17(21)22)10-14(8-9-25(5,6)7)11-16(13)20-18(23)24-19(2,3)4/h10-11H,12H2,1-7H3,(H,20,23)(H,21,22). The van der Waals surface area contributed by atoms with Crippen LogP contribution < -0.4 is 5.32 Å². The number of aliphatic carboxylic acids is 1. The SMILES string of the molecule is Cc1c(CC(=O)O)cc(C#C[Si](C)(C)C)cc1NC(=O)OC(C)(C)C. The van der Waals surface area contributed by atoms with Gasteiger partial charge in [0.2, 0.25) is 0 Å². The molecule has 2 N–H and O–H groups in total. The lowest BCUT2D eigenvalue weighted by atomic mass is 10.0. The second kappa shape index (κ2) is 7.75. The van der Waals surface area contributed by atoms with Crippen LogP contribution in [-0.2, 0) is 16.0 Å². The number of amides is 1. The first-order valence-corrected chi connectivity index (χ1v) is 11.7. The van der Waals surface area contributed by atoms with Crippen molar-refractivity contribution in [2.45, 2.75) is 59.4 Å². The number of rotatable bonds is 3. The van der Waals surface area contributed by atoms with Gasteiger partial charge in [-0.25, -0.2) is 4.79 Å². The first-order valence-electron chi connectivity index (χ1n) is 8.15. The fraction of sp³-hybridized carbons (Fsp3) is 0.474. The largest absolute Gasteiger partial charge is 0.481 e. The zero-order chi connectivity index (χ0) is 19.4. The van der Waals surface area contributed by atoms with Crippen LogP contribution in [0.1, 0.15) is 37.5 Å². The van der Waals surface area contributed by atoms with Gasteiger partial charge in [0.15, 0.2) is 0 Å². The Morgan fingerprint density at radius 3 is 2.32 bits per heavy atom. The van der Waals surface area contributed by atoms with Gasteiger partial charge in [-0.3, -0.25) is 10.1 Å². The van der Waals surface area contributed by atoms with Gasteiger partial charge in [0.05, 0.1) is 6.42 Å². The minimum atomic E-state index is -1.57. The van der Waals surface area contributed by atoms with Crippen molar-refractivity contribution in [1.29, 1.82) is 0 Å². The monoisotopic (exact) mass is 361 g/mol. The highest BCUT2D eigenvalue weighted by Gasteiger charge is 2.18. The van der Waals surface area contributed by atoms with Gasteiger partial charge in [0.1, 0.15) is 13.7 Å². The lowest BCUT2D eigenvalue weighted by Crippen LogP contribution is -2.27. The van der Waals surface area contributed by atoms with E-state index in [4.69, 9.17) is 9.84 Å². The molecule has 1 amide bonds. The van der Waals surface area contributed by atoms with Crippen LogP contribution in [0.2, 0.25) is 19.6 Å². The number of carbonyl (C=O) groups excluding carboxylic acids is 1. The smallest absolute Gasteiger partial charge is 0.412 e. The molecule has 0 heterocycles. The van der Waals surface area contributed by atoms with Gasteiger partial charge in [0, 0.05) is 11.3 Å². The normalized spacial score (nSPS) is 11.3. The third-order valence-electron chi connectivity index (χ3n) is 3.07. The zero-order valence-electron chi connectivity index (χ0n) is 16.0. The number of carboxylic acid groups (broad SMARTS) is 1. The number of anilines is 1. The van der Waals surface area contributed by atoms with E-state index in [1.165, 1.54) is 0 Å². The summed E-state index contributed by atoms with van der Waals surface area (Å²) in [4.78, 5) is 23.2. The molecule has 0 unspecified atom stereocenters.